The van der Waals surface area contributed by atoms with Crippen LogP contribution in [0, 0.1) is 5.92 Å². The van der Waals surface area contributed by atoms with E-state index in [1.165, 1.54) is 44.2 Å². The number of aromatic nitrogens is 2. The smallest absolute Gasteiger partial charge is 0.0524 e. The number of hydrogen-bond acceptors (Lipinski definition) is 2. The maximum atomic E-state index is 4.52. The zero-order valence-electron chi connectivity index (χ0n) is 12.6. The van der Waals surface area contributed by atoms with Crippen molar-refractivity contribution in [2.24, 2.45) is 5.92 Å². The Hall–Kier alpha value is -0.830. The highest BCUT2D eigenvalue weighted by atomic mass is 15.3. The molecule has 19 heavy (non-hydrogen) atoms. The summed E-state index contributed by atoms with van der Waals surface area (Å²) in [6.45, 7) is 7.70. The number of nitrogens with one attached hydrogen (secondary N) is 1. The number of hydrogen-bond donors (Lipinski definition) is 1. The van der Waals surface area contributed by atoms with Crippen molar-refractivity contribution in [3.63, 3.8) is 0 Å². The Bertz CT molecular complexity index is 359. The van der Waals surface area contributed by atoms with Crippen molar-refractivity contribution < 1.29 is 0 Å². The van der Waals surface area contributed by atoms with E-state index in [0.717, 1.165) is 25.4 Å². The van der Waals surface area contributed by atoms with E-state index in [-0.39, 0.29) is 0 Å². The Balaban J connectivity index is 2.06. The average molecular weight is 263 g/mol. The number of rotatable bonds is 6. The number of nitrogens with zero attached hydrogens (tertiary/aromatic N) is 2. The van der Waals surface area contributed by atoms with Gasteiger partial charge in [0.15, 0.2) is 0 Å². The Kier molecular flexibility index (Phi) is 5.90. The first kappa shape index (κ1) is 14.6. The van der Waals surface area contributed by atoms with E-state index in [4.69, 9.17) is 0 Å². The van der Waals surface area contributed by atoms with E-state index in [0.29, 0.717) is 5.92 Å². The van der Waals surface area contributed by atoms with Crippen molar-refractivity contribution >= 4 is 0 Å². The quantitative estimate of drug-likeness (QED) is 0.795. The van der Waals surface area contributed by atoms with Gasteiger partial charge in [0.25, 0.3) is 0 Å². The van der Waals surface area contributed by atoms with Gasteiger partial charge in [-0.2, -0.15) is 5.10 Å². The molecule has 1 fully saturated rings. The van der Waals surface area contributed by atoms with E-state index in [2.05, 4.69) is 41.3 Å². The third-order valence-corrected chi connectivity index (χ3v) is 4.35. The lowest BCUT2D eigenvalue weighted by molar-refractivity contribution is 0.378. The molecular weight excluding hydrogens is 234 g/mol. The van der Waals surface area contributed by atoms with Crippen molar-refractivity contribution in [2.75, 3.05) is 13.1 Å². The summed E-state index contributed by atoms with van der Waals surface area (Å²) in [5, 5.41) is 8.07. The van der Waals surface area contributed by atoms with Gasteiger partial charge in [-0.1, -0.05) is 33.1 Å². The molecule has 0 bridgehead atoms. The fourth-order valence-corrected chi connectivity index (χ4v) is 3.32. The molecule has 1 aromatic rings. The van der Waals surface area contributed by atoms with Crippen molar-refractivity contribution in [1.82, 2.24) is 15.1 Å². The molecule has 0 aromatic carbocycles. The van der Waals surface area contributed by atoms with Crippen LogP contribution in [0.4, 0.5) is 0 Å². The molecular formula is C16H29N3. The Morgan fingerprint density at radius 1 is 1.26 bits per heavy atom. The van der Waals surface area contributed by atoms with Crippen LogP contribution in [0.5, 0.6) is 0 Å². The van der Waals surface area contributed by atoms with Crippen LogP contribution in [0.3, 0.4) is 0 Å². The molecule has 0 saturated heterocycles. The van der Waals surface area contributed by atoms with Crippen molar-refractivity contribution in [2.45, 2.75) is 64.8 Å². The number of aryl methyl sites for hydroxylation is 1. The predicted molar refractivity (Wildman–Crippen MR) is 80.4 cm³/mol. The van der Waals surface area contributed by atoms with Gasteiger partial charge in [-0.25, -0.2) is 0 Å². The molecule has 2 atom stereocenters. The third kappa shape index (κ3) is 4.07. The van der Waals surface area contributed by atoms with Gasteiger partial charge in [0.1, 0.15) is 0 Å². The first-order valence-electron chi connectivity index (χ1n) is 8.08. The Morgan fingerprint density at radius 3 is 2.89 bits per heavy atom. The van der Waals surface area contributed by atoms with Gasteiger partial charge in [-0.15, -0.1) is 0 Å². The molecule has 0 radical (unpaired) electrons. The zero-order chi connectivity index (χ0) is 13.5. The van der Waals surface area contributed by atoms with Crippen LogP contribution < -0.4 is 5.32 Å². The zero-order valence-corrected chi connectivity index (χ0v) is 12.6. The van der Waals surface area contributed by atoms with Crippen LogP contribution in [-0.4, -0.2) is 22.9 Å². The summed E-state index contributed by atoms with van der Waals surface area (Å²) in [5.74, 6) is 1.51. The lowest BCUT2D eigenvalue weighted by Gasteiger charge is -2.24. The lowest BCUT2D eigenvalue weighted by Crippen LogP contribution is -2.26. The van der Waals surface area contributed by atoms with E-state index in [1.807, 2.05) is 0 Å². The first-order valence-corrected chi connectivity index (χ1v) is 8.08. The Morgan fingerprint density at radius 2 is 2.11 bits per heavy atom. The highest BCUT2D eigenvalue weighted by Gasteiger charge is 2.25. The fourth-order valence-electron chi connectivity index (χ4n) is 3.32. The molecule has 1 N–H and O–H groups in total. The SMILES string of the molecule is CCCn1cc(C2CCCCCC2CNCC)cn1. The summed E-state index contributed by atoms with van der Waals surface area (Å²) in [6, 6.07) is 0. The molecule has 3 heteroatoms. The second-order valence-corrected chi connectivity index (χ2v) is 5.85. The molecule has 1 aliphatic carbocycles. The molecule has 1 saturated carbocycles. The van der Waals surface area contributed by atoms with Crippen LogP contribution >= 0.6 is 0 Å². The average Bonchev–Trinajstić information content (AvgIpc) is 2.74. The minimum Gasteiger partial charge on any atom is -0.317 e. The summed E-state index contributed by atoms with van der Waals surface area (Å²) >= 11 is 0. The molecule has 0 amide bonds. The molecule has 108 valence electrons. The molecule has 0 spiro atoms. The van der Waals surface area contributed by atoms with Crippen LogP contribution in [0.1, 0.15) is 63.9 Å². The molecule has 1 aliphatic rings. The minimum atomic E-state index is 0.715. The molecule has 2 unspecified atom stereocenters. The van der Waals surface area contributed by atoms with Gasteiger partial charge >= 0.3 is 0 Å². The first-order chi connectivity index (χ1) is 9.35. The largest absolute Gasteiger partial charge is 0.317 e. The van der Waals surface area contributed by atoms with Crippen molar-refractivity contribution in [1.29, 1.82) is 0 Å². The summed E-state index contributed by atoms with van der Waals surface area (Å²) in [5.41, 5.74) is 1.47. The molecule has 1 heterocycles. The summed E-state index contributed by atoms with van der Waals surface area (Å²) in [7, 11) is 0. The van der Waals surface area contributed by atoms with E-state index < -0.39 is 0 Å². The lowest BCUT2D eigenvalue weighted by atomic mass is 9.84. The van der Waals surface area contributed by atoms with Crippen molar-refractivity contribution in [3.05, 3.63) is 18.0 Å². The van der Waals surface area contributed by atoms with Gasteiger partial charge in [0.05, 0.1) is 6.20 Å². The topological polar surface area (TPSA) is 29.9 Å². The van der Waals surface area contributed by atoms with Gasteiger partial charge < -0.3 is 5.32 Å². The van der Waals surface area contributed by atoms with Crippen LogP contribution in [0.15, 0.2) is 12.4 Å². The fraction of sp³-hybridized carbons (Fsp3) is 0.812. The molecule has 1 aromatic heterocycles. The van der Waals surface area contributed by atoms with Gasteiger partial charge in [0, 0.05) is 12.7 Å². The van der Waals surface area contributed by atoms with Crippen LogP contribution in [0.2, 0.25) is 0 Å². The van der Waals surface area contributed by atoms with Crippen LogP contribution in [-0.2, 0) is 6.54 Å². The Labute approximate surface area is 117 Å². The summed E-state index contributed by atoms with van der Waals surface area (Å²) in [6.07, 6.45) is 12.5. The van der Waals surface area contributed by atoms with Crippen molar-refractivity contribution in [3.8, 4) is 0 Å². The second-order valence-electron chi connectivity index (χ2n) is 5.85. The third-order valence-electron chi connectivity index (χ3n) is 4.35. The summed E-state index contributed by atoms with van der Waals surface area (Å²) in [4.78, 5) is 0. The van der Waals surface area contributed by atoms with Gasteiger partial charge in [-0.05, 0) is 49.8 Å². The predicted octanol–water partition coefficient (Wildman–Crippen LogP) is 3.57. The van der Waals surface area contributed by atoms with E-state index in [9.17, 15) is 0 Å². The highest BCUT2D eigenvalue weighted by Crippen LogP contribution is 2.36. The normalized spacial score (nSPS) is 24.3. The second kappa shape index (κ2) is 7.68. The van der Waals surface area contributed by atoms with Crippen LogP contribution in [0.25, 0.3) is 0 Å². The standard InChI is InChI=1S/C16H29N3/c1-3-10-19-13-15(12-18-19)16-9-7-5-6-8-14(16)11-17-4-2/h12-14,16-17H,3-11H2,1-2H3. The highest BCUT2D eigenvalue weighted by molar-refractivity contribution is 5.13. The molecule has 2 rings (SSSR count). The van der Waals surface area contributed by atoms with Gasteiger partial charge in [-0.3, -0.25) is 4.68 Å². The maximum Gasteiger partial charge on any atom is 0.0524 e. The molecule has 0 aliphatic heterocycles. The maximum absolute atomic E-state index is 4.52. The summed E-state index contributed by atoms with van der Waals surface area (Å²) < 4.78 is 2.12. The van der Waals surface area contributed by atoms with E-state index >= 15 is 0 Å². The minimum absolute atomic E-state index is 0.715. The van der Waals surface area contributed by atoms with E-state index in [1.54, 1.807) is 0 Å². The van der Waals surface area contributed by atoms with Gasteiger partial charge in [0.2, 0.25) is 0 Å². The monoisotopic (exact) mass is 263 g/mol. The molecule has 3 nitrogen and oxygen atoms in total.